The SMILES string of the molecule is CCc1ccc(N2C(=O)C(=O)/C(=C(\O)c3ccc4c(c3)OCO4)C2c2cccnc2)cc1. The van der Waals surface area contributed by atoms with Crippen molar-refractivity contribution < 1.29 is 24.2 Å². The third kappa shape index (κ3) is 3.19. The highest BCUT2D eigenvalue weighted by molar-refractivity contribution is 6.51. The van der Waals surface area contributed by atoms with Gasteiger partial charge >= 0.3 is 0 Å². The van der Waals surface area contributed by atoms with E-state index >= 15 is 0 Å². The number of carbonyl (C=O) groups is 2. The van der Waals surface area contributed by atoms with E-state index in [-0.39, 0.29) is 18.1 Å². The molecule has 3 heterocycles. The molecule has 2 aromatic carbocycles. The van der Waals surface area contributed by atoms with Crippen molar-refractivity contribution in [3.8, 4) is 11.5 Å². The zero-order valence-electron chi connectivity index (χ0n) is 17.3. The van der Waals surface area contributed by atoms with Crippen molar-refractivity contribution >= 4 is 23.1 Å². The molecule has 1 unspecified atom stereocenters. The maximum Gasteiger partial charge on any atom is 0.300 e. The summed E-state index contributed by atoms with van der Waals surface area (Å²) in [6.07, 6.45) is 4.07. The van der Waals surface area contributed by atoms with Gasteiger partial charge in [0.25, 0.3) is 11.7 Å². The zero-order chi connectivity index (χ0) is 22.2. The molecule has 2 aliphatic rings. The van der Waals surface area contributed by atoms with Crippen molar-refractivity contribution in [2.75, 3.05) is 11.7 Å². The molecule has 1 saturated heterocycles. The van der Waals surface area contributed by atoms with Crippen molar-refractivity contribution in [1.82, 2.24) is 4.98 Å². The Balaban J connectivity index is 1.67. The van der Waals surface area contributed by atoms with Gasteiger partial charge in [-0.2, -0.15) is 0 Å². The second-order valence-corrected chi connectivity index (χ2v) is 7.54. The lowest BCUT2D eigenvalue weighted by Gasteiger charge is -2.25. The molecular weight excluding hydrogens is 408 g/mol. The number of anilines is 1. The lowest BCUT2D eigenvalue weighted by Crippen LogP contribution is -2.29. The molecule has 5 rings (SSSR count). The van der Waals surface area contributed by atoms with Crippen LogP contribution in [0.4, 0.5) is 5.69 Å². The highest BCUT2D eigenvalue weighted by Gasteiger charge is 2.47. The quantitative estimate of drug-likeness (QED) is 0.384. The highest BCUT2D eigenvalue weighted by Crippen LogP contribution is 2.43. The highest BCUT2D eigenvalue weighted by atomic mass is 16.7. The number of hydrogen-bond acceptors (Lipinski definition) is 6. The number of rotatable bonds is 4. The number of pyridine rings is 1. The van der Waals surface area contributed by atoms with Gasteiger partial charge in [-0.25, -0.2) is 0 Å². The molecule has 0 bridgehead atoms. The predicted octanol–water partition coefficient (Wildman–Crippen LogP) is 4.00. The number of hydrogen-bond donors (Lipinski definition) is 1. The van der Waals surface area contributed by atoms with Crippen LogP contribution in [-0.4, -0.2) is 28.6 Å². The first-order valence-electron chi connectivity index (χ1n) is 10.3. The van der Waals surface area contributed by atoms with E-state index in [0.29, 0.717) is 28.3 Å². The molecule has 160 valence electrons. The molecule has 1 N–H and O–H groups in total. The van der Waals surface area contributed by atoms with Gasteiger partial charge in [0.05, 0.1) is 11.6 Å². The number of aliphatic hydroxyl groups is 1. The molecule has 0 aliphatic carbocycles. The smallest absolute Gasteiger partial charge is 0.300 e. The Bertz CT molecular complexity index is 1230. The van der Waals surface area contributed by atoms with Gasteiger partial charge in [0, 0.05) is 23.6 Å². The Labute approximate surface area is 184 Å². The van der Waals surface area contributed by atoms with Crippen LogP contribution in [0.2, 0.25) is 0 Å². The van der Waals surface area contributed by atoms with Crippen molar-refractivity contribution in [3.63, 3.8) is 0 Å². The van der Waals surface area contributed by atoms with E-state index < -0.39 is 17.7 Å². The Kier molecular flexibility index (Phi) is 4.86. The third-order valence-electron chi connectivity index (χ3n) is 5.71. The number of fused-ring (bicyclic) bond motifs is 1. The summed E-state index contributed by atoms with van der Waals surface area (Å²) in [6, 6.07) is 15.1. The molecule has 1 aromatic heterocycles. The molecule has 0 saturated carbocycles. The molecule has 32 heavy (non-hydrogen) atoms. The first kappa shape index (κ1) is 19.8. The monoisotopic (exact) mass is 428 g/mol. The molecule has 1 fully saturated rings. The van der Waals surface area contributed by atoms with Crippen LogP contribution < -0.4 is 14.4 Å². The fraction of sp³-hybridized carbons (Fsp3) is 0.160. The molecule has 0 radical (unpaired) electrons. The number of benzene rings is 2. The molecule has 7 nitrogen and oxygen atoms in total. The number of nitrogens with zero attached hydrogens (tertiary/aromatic N) is 2. The minimum absolute atomic E-state index is 0.00133. The van der Waals surface area contributed by atoms with E-state index in [1.165, 1.54) is 4.90 Å². The Morgan fingerprint density at radius 3 is 2.59 bits per heavy atom. The van der Waals surface area contributed by atoms with Crippen LogP contribution in [0.15, 0.2) is 72.6 Å². The second kappa shape index (κ2) is 7.85. The Hall–Kier alpha value is -4.13. The first-order valence-corrected chi connectivity index (χ1v) is 10.3. The standard InChI is InChI=1S/C25H20N2O5/c1-2-15-5-8-18(9-6-15)27-22(17-4-3-11-26-13-17)21(24(29)25(27)30)23(28)16-7-10-19-20(12-16)32-14-31-19/h3-13,22,28H,2,14H2,1H3/b23-21-. The number of ether oxygens (including phenoxy) is 2. The molecule has 1 amide bonds. The summed E-state index contributed by atoms with van der Waals surface area (Å²) in [5, 5.41) is 11.2. The average molecular weight is 428 g/mol. The summed E-state index contributed by atoms with van der Waals surface area (Å²) in [5.74, 6) is -0.708. The minimum Gasteiger partial charge on any atom is -0.507 e. The largest absolute Gasteiger partial charge is 0.507 e. The van der Waals surface area contributed by atoms with Gasteiger partial charge in [0.2, 0.25) is 6.79 Å². The first-order chi connectivity index (χ1) is 15.6. The molecule has 0 spiro atoms. The summed E-state index contributed by atoms with van der Waals surface area (Å²) < 4.78 is 10.7. The number of aliphatic hydroxyl groups excluding tert-OH is 1. The lowest BCUT2D eigenvalue weighted by molar-refractivity contribution is -0.132. The number of carbonyl (C=O) groups excluding carboxylic acids is 2. The van der Waals surface area contributed by atoms with Crippen molar-refractivity contribution in [2.45, 2.75) is 19.4 Å². The molecule has 3 aromatic rings. The maximum atomic E-state index is 13.2. The summed E-state index contributed by atoms with van der Waals surface area (Å²) in [5.41, 5.74) is 2.67. The fourth-order valence-electron chi connectivity index (χ4n) is 4.04. The van der Waals surface area contributed by atoms with E-state index in [1.54, 1.807) is 42.7 Å². The number of aryl methyl sites for hydroxylation is 1. The van der Waals surface area contributed by atoms with Gasteiger partial charge in [-0.3, -0.25) is 19.5 Å². The van der Waals surface area contributed by atoms with Gasteiger partial charge < -0.3 is 14.6 Å². The number of aromatic nitrogens is 1. The van der Waals surface area contributed by atoms with Crippen LogP contribution in [0.3, 0.4) is 0 Å². The number of Topliss-reactive ketones (excluding diaryl/α,β-unsaturated/α-hetero) is 1. The summed E-state index contributed by atoms with van der Waals surface area (Å²) in [4.78, 5) is 31.9. The average Bonchev–Trinajstić information content (AvgIpc) is 3.41. The van der Waals surface area contributed by atoms with Gasteiger partial charge in [-0.05, 0) is 53.9 Å². The Morgan fingerprint density at radius 1 is 1.09 bits per heavy atom. The van der Waals surface area contributed by atoms with Crippen LogP contribution in [-0.2, 0) is 16.0 Å². The van der Waals surface area contributed by atoms with Gasteiger partial charge in [0.15, 0.2) is 11.5 Å². The van der Waals surface area contributed by atoms with Crippen LogP contribution in [0.25, 0.3) is 5.76 Å². The van der Waals surface area contributed by atoms with E-state index in [4.69, 9.17) is 9.47 Å². The van der Waals surface area contributed by atoms with Gasteiger partial charge in [-0.1, -0.05) is 25.1 Å². The molecule has 2 aliphatic heterocycles. The molecule has 7 heteroatoms. The van der Waals surface area contributed by atoms with E-state index in [0.717, 1.165) is 12.0 Å². The van der Waals surface area contributed by atoms with E-state index in [2.05, 4.69) is 4.98 Å². The summed E-state index contributed by atoms with van der Waals surface area (Å²) >= 11 is 0. The number of ketones is 1. The zero-order valence-corrected chi connectivity index (χ0v) is 17.3. The fourth-order valence-corrected chi connectivity index (χ4v) is 4.04. The third-order valence-corrected chi connectivity index (χ3v) is 5.71. The second-order valence-electron chi connectivity index (χ2n) is 7.54. The van der Waals surface area contributed by atoms with Gasteiger partial charge in [0.1, 0.15) is 5.76 Å². The predicted molar refractivity (Wildman–Crippen MR) is 117 cm³/mol. The summed E-state index contributed by atoms with van der Waals surface area (Å²) in [6.45, 7) is 2.13. The van der Waals surface area contributed by atoms with Gasteiger partial charge in [-0.15, -0.1) is 0 Å². The van der Waals surface area contributed by atoms with Crippen molar-refractivity contribution in [3.05, 3.63) is 89.3 Å². The van der Waals surface area contributed by atoms with Crippen LogP contribution in [0.1, 0.15) is 29.7 Å². The minimum atomic E-state index is -0.818. The maximum absolute atomic E-state index is 13.2. The van der Waals surface area contributed by atoms with Crippen LogP contribution in [0.5, 0.6) is 11.5 Å². The van der Waals surface area contributed by atoms with E-state index in [9.17, 15) is 14.7 Å². The van der Waals surface area contributed by atoms with Crippen LogP contribution >= 0.6 is 0 Å². The summed E-state index contributed by atoms with van der Waals surface area (Å²) in [7, 11) is 0. The normalized spacial score (nSPS) is 18.9. The number of amides is 1. The lowest BCUT2D eigenvalue weighted by atomic mass is 9.96. The van der Waals surface area contributed by atoms with Crippen molar-refractivity contribution in [1.29, 1.82) is 0 Å². The molecule has 1 atom stereocenters. The molecular formula is C25H20N2O5. The van der Waals surface area contributed by atoms with Crippen molar-refractivity contribution in [2.24, 2.45) is 0 Å². The topological polar surface area (TPSA) is 89.0 Å². The Morgan fingerprint density at radius 2 is 1.88 bits per heavy atom. The van der Waals surface area contributed by atoms with Crippen LogP contribution in [0, 0.1) is 0 Å². The van der Waals surface area contributed by atoms with E-state index in [1.807, 2.05) is 31.2 Å².